The molecule has 1 aliphatic carbocycles. The molecule has 0 saturated heterocycles. The zero-order valence-corrected chi connectivity index (χ0v) is 16.2. The molecule has 0 radical (unpaired) electrons. The number of carbonyl (C=O) groups excluding carboxylic acids is 1. The Morgan fingerprint density at radius 3 is 2.76 bits per heavy atom. The van der Waals surface area contributed by atoms with E-state index in [9.17, 15) is 18.0 Å². The van der Waals surface area contributed by atoms with Crippen molar-refractivity contribution in [1.82, 2.24) is 15.0 Å². The van der Waals surface area contributed by atoms with Gasteiger partial charge in [0.2, 0.25) is 5.91 Å². The number of amides is 1. The van der Waals surface area contributed by atoms with Crippen molar-refractivity contribution in [2.75, 3.05) is 13.6 Å². The van der Waals surface area contributed by atoms with Crippen LogP contribution in [-0.4, -0.2) is 34.5 Å². The summed E-state index contributed by atoms with van der Waals surface area (Å²) in [6.45, 7) is 0.341. The van der Waals surface area contributed by atoms with Crippen LogP contribution in [0.2, 0.25) is 0 Å². The summed E-state index contributed by atoms with van der Waals surface area (Å²) in [5.74, 6) is 0.920. The Morgan fingerprint density at radius 2 is 2.03 bits per heavy atom. The van der Waals surface area contributed by atoms with Crippen LogP contribution in [0.3, 0.4) is 0 Å². The molecule has 0 aliphatic heterocycles. The van der Waals surface area contributed by atoms with Crippen molar-refractivity contribution in [3.05, 3.63) is 41.5 Å². The van der Waals surface area contributed by atoms with E-state index in [-0.39, 0.29) is 30.1 Å². The fourth-order valence-electron chi connectivity index (χ4n) is 3.40. The molecule has 0 N–H and O–H groups in total. The number of alkyl halides is 3. The summed E-state index contributed by atoms with van der Waals surface area (Å²) in [5.41, 5.74) is -0.785. The van der Waals surface area contributed by atoms with Gasteiger partial charge >= 0.3 is 6.18 Å². The molecule has 1 aliphatic rings. The maximum absolute atomic E-state index is 12.7. The molecule has 0 unspecified atom stereocenters. The molecule has 0 bridgehead atoms. The minimum absolute atomic E-state index is 0.0670. The third-order valence-electron chi connectivity index (χ3n) is 5.04. The van der Waals surface area contributed by atoms with E-state index < -0.39 is 11.7 Å². The number of benzene rings is 1. The number of hydrogen-bond acceptors (Lipinski definition) is 5. The van der Waals surface area contributed by atoms with Crippen LogP contribution >= 0.6 is 0 Å². The zero-order chi connectivity index (χ0) is 20.9. The highest BCUT2D eigenvalue weighted by Gasteiger charge is 2.30. The molecule has 9 heteroatoms. The van der Waals surface area contributed by atoms with Gasteiger partial charge in [-0.1, -0.05) is 30.5 Å². The molecule has 29 heavy (non-hydrogen) atoms. The Kier molecular flexibility index (Phi) is 6.76. The number of carbonyl (C=O) groups is 1. The van der Waals surface area contributed by atoms with Gasteiger partial charge in [0.1, 0.15) is 5.75 Å². The lowest BCUT2D eigenvalue weighted by Crippen LogP contribution is -2.35. The van der Waals surface area contributed by atoms with Crippen molar-refractivity contribution in [1.29, 1.82) is 0 Å². The van der Waals surface area contributed by atoms with Gasteiger partial charge in [-0.2, -0.15) is 18.2 Å². The van der Waals surface area contributed by atoms with Gasteiger partial charge in [-0.25, -0.2) is 0 Å². The molecule has 2 aromatic rings. The highest BCUT2D eigenvalue weighted by Crippen LogP contribution is 2.31. The summed E-state index contributed by atoms with van der Waals surface area (Å²) in [6, 6.07) is 4.60. The van der Waals surface area contributed by atoms with Gasteiger partial charge in [-0.05, 0) is 31.0 Å². The predicted octanol–water partition coefficient (Wildman–Crippen LogP) is 4.25. The minimum Gasteiger partial charge on any atom is -0.484 e. The summed E-state index contributed by atoms with van der Waals surface area (Å²) in [6.07, 6.45) is 1.29. The molecular formula is C20H24F3N3O3. The molecule has 6 nitrogen and oxygen atoms in total. The van der Waals surface area contributed by atoms with Gasteiger partial charge in [0.25, 0.3) is 5.89 Å². The van der Waals surface area contributed by atoms with Crippen LogP contribution in [0.1, 0.15) is 49.4 Å². The van der Waals surface area contributed by atoms with Crippen LogP contribution in [-0.2, 0) is 24.0 Å². The minimum atomic E-state index is -4.43. The highest BCUT2D eigenvalue weighted by molar-refractivity contribution is 5.78. The number of rotatable bonds is 7. The number of nitrogens with zero attached hydrogens (tertiary/aromatic N) is 3. The first-order valence-electron chi connectivity index (χ1n) is 9.69. The monoisotopic (exact) mass is 411 g/mol. The summed E-state index contributed by atoms with van der Waals surface area (Å²) >= 11 is 0. The van der Waals surface area contributed by atoms with Gasteiger partial charge in [-0.3, -0.25) is 4.79 Å². The van der Waals surface area contributed by atoms with Crippen molar-refractivity contribution in [3.8, 4) is 5.75 Å². The molecule has 1 saturated carbocycles. The van der Waals surface area contributed by atoms with Crippen LogP contribution in [0.15, 0.2) is 28.8 Å². The Labute approximate surface area is 167 Å². The van der Waals surface area contributed by atoms with E-state index in [0.717, 1.165) is 37.8 Å². The van der Waals surface area contributed by atoms with E-state index in [4.69, 9.17) is 9.26 Å². The normalized spacial score (nSPS) is 15.3. The number of likely N-dealkylation sites (N-methyl/N-ethyl adjacent to an activating group) is 1. The summed E-state index contributed by atoms with van der Waals surface area (Å²) < 4.78 is 48.6. The Hall–Kier alpha value is -2.58. The second-order valence-electron chi connectivity index (χ2n) is 7.26. The molecule has 0 atom stereocenters. The molecule has 1 aromatic heterocycles. The molecule has 1 heterocycles. The number of halogens is 3. The first kappa shape index (κ1) is 21.1. The van der Waals surface area contributed by atoms with Crippen LogP contribution in [0.5, 0.6) is 5.75 Å². The lowest BCUT2D eigenvalue weighted by atomic mass is 9.88. The second kappa shape index (κ2) is 9.28. The lowest BCUT2D eigenvalue weighted by molar-refractivity contribution is -0.137. The Balaban J connectivity index is 1.47. The van der Waals surface area contributed by atoms with Crippen molar-refractivity contribution in [3.63, 3.8) is 0 Å². The van der Waals surface area contributed by atoms with Gasteiger partial charge in [-0.15, -0.1) is 0 Å². The maximum atomic E-state index is 12.7. The summed E-state index contributed by atoms with van der Waals surface area (Å²) in [4.78, 5) is 18.3. The van der Waals surface area contributed by atoms with Crippen molar-refractivity contribution in [2.24, 2.45) is 5.92 Å². The van der Waals surface area contributed by atoms with Gasteiger partial charge in [0.05, 0.1) is 5.56 Å². The highest BCUT2D eigenvalue weighted by atomic mass is 19.4. The molecule has 1 aromatic carbocycles. The van der Waals surface area contributed by atoms with E-state index in [1.54, 1.807) is 11.9 Å². The van der Waals surface area contributed by atoms with Gasteiger partial charge in [0.15, 0.2) is 12.4 Å². The smallest absolute Gasteiger partial charge is 0.416 e. The lowest BCUT2D eigenvalue weighted by Gasteiger charge is -2.26. The van der Waals surface area contributed by atoms with Crippen molar-refractivity contribution >= 4 is 5.91 Å². The van der Waals surface area contributed by atoms with Crippen LogP contribution in [0.25, 0.3) is 0 Å². The zero-order valence-electron chi connectivity index (χ0n) is 16.2. The van der Waals surface area contributed by atoms with Crippen molar-refractivity contribution in [2.45, 2.75) is 51.3 Å². The summed E-state index contributed by atoms with van der Waals surface area (Å²) in [7, 11) is 1.77. The number of hydrogen-bond donors (Lipinski definition) is 0. The van der Waals surface area contributed by atoms with E-state index in [1.807, 2.05) is 0 Å². The standard InChI is InChI=1S/C20H24F3N3O3/c1-26(19(27)14-6-3-2-4-7-14)11-10-17-24-18(29-25-17)13-28-16-9-5-8-15(12-16)20(21,22)23/h5,8-9,12,14H,2-4,6-7,10-11,13H2,1H3. The first-order chi connectivity index (χ1) is 13.8. The van der Waals surface area contributed by atoms with Crippen LogP contribution < -0.4 is 4.74 Å². The van der Waals surface area contributed by atoms with Crippen LogP contribution in [0, 0.1) is 5.92 Å². The fraction of sp³-hybridized carbons (Fsp3) is 0.550. The van der Waals surface area contributed by atoms with E-state index in [1.165, 1.54) is 18.6 Å². The Bertz CT molecular complexity index is 817. The molecule has 1 fully saturated rings. The fourth-order valence-corrected chi connectivity index (χ4v) is 3.40. The third-order valence-corrected chi connectivity index (χ3v) is 5.04. The van der Waals surface area contributed by atoms with Crippen LogP contribution in [0.4, 0.5) is 13.2 Å². The molecule has 3 rings (SSSR count). The van der Waals surface area contributed by atoms with Crippen molar-refractivity contribution < 1.29 is 27.2 Å². The second-order valence-corrected chi connectivity index (χ2v) is 7.26. The Morgan fingerprint density at radius 1 is 1.28 bits per heavy atom. The molecule has 1 amide bonds. The third kappa shape index (κ3) is 5.95. The predicted molar refractivity (Wildman–Crippen MR) is 98.0 cm³/mol. The maximum Gasteiger partial charge on any atom is 0.416 e. The van der Waals surface area contributed by atoms with Gasteiger partial charge < -0.3 is 14.2 Å². The largest absolute Gasteiger partial charge is 0.484 e. The number of ether oxygens (including phenoxy) is 1. The van der Waals surface area contributed by atoms with E-state index in [0.29, 0.717) is 18.8 Å². The average molecular weight is 411 g/mol. The molecule has 158 valence electrons. The topological polar surface area (TPSA) is 68.5 Å². The SMILES string of the molecule is CN(CCc1noc(COc2cccc(C(F)(F)F)c2)n1)C(=O)C1CCCCC1. The van der Waals surface area contributed by atoms with E-state index in [2.05, 4.69) is 10.1 Å². The quantitative estimate of drug-likeness (QED) is 0.681. The number of aromatic nitrogens is 2. The molecular weight excluding hydrogens is 387 g/mol. The average Bonchev–Trinajstić information content (AvgIpc) is 3.18. The van der Waals surface area contributed by atoms with E-state index >= 15 is 0 Å². The summed E-state index contributed by atoms with van der Waals surface area (Å²) in [5, 5.41) is 3.85. The molecule has 0 spiro atoms. The first-order valence-corrected chi connectivity index (χ1v) is 9.69. The van der Waals surface area contributed by atoms with Gasteiger partial charge in [0, 0.05) is 25.9 Å².